The first-order valence-electron chi connectivity index (χ1n) is 18.6. The Morgan fingerprint density at radius 3 is 1.29 bits per heavy atom. The normalized spacial score (nSPS) is 11.6. The van der Waals surface area contributed by atoms with Crippen LogP contribution in [0.2, 0.25) is 0 Å². The van der Waals surface area contributed by atoms with Gasteiger partial charge in [0.05, 0.1) is 11.0 Å². The van der Waals surface area contributed by atoms with Crippen LogP contribution in [0.25, 0.3) is 105 Å². The van der Waals surface area contributed by atoms with Crippen molar-refractivity contribution >= 4 is 54.1 Å². The molecule has 4 heteroatoms. The number of fused-ring (bicyclic) bond motifs is 8. The first-order valence-corrected chi connectivity index (χ1v) is 18.6. The van der Waals surface area contributed by atoms with Gasteiger partial charge in [-0.3, -0.25) is 4.57 Å². The van der Waals surface area contributed by atoms with Crippen LogP contribution in [0.1, 0.15) is 0 Å². The Labute approximate surface area is 317 Å². The highest BCUT2D eigenvalue weighted by atomic mass is 15.2. The smallest absolute Gasteiger partial charge is 0.238 e. The molecular formula is C51H32N4. The lowest BCUT2D eigenvalue weighted by Crippen LogP contribution is -2.06. The molecule has 0 atom stereocenters. The van der Waals surface area contributed by atoms with Crippen LogP contribution in [0.3, 0.4) is 0 Å². The lowest BCUT2D eigenvalue weighted by Gasteiger charge is -2.13. The van der Waals surface area contributed by atoms with Crippen molar-refractivity contribution < 1.29 is 0 Å². The predicted molar refractivity (Wildman–Crippen MR) is 228 cm³/mol. The molecule has 2 aromatic heterocycles. The quantitative estimate of drug-likeness (QED) is 0.179. The molecule has 0 amide bonds. The fourth-order valence-electron chi connectivity index (χ4n) is 8.31. The Morgan fingerprint density at radius 1 is 0.291 bits per heavy atom. The molecule has 0 saturated carbocycles. The van der Waals surface area contributed by atoms with Crippen molar-refractivity contribution in [1.29, 1.82) is 0 Å². The summed E-state index contributed by atoms with van der Waals surface area (Å²) in [6, 6.07) is 68.6. The number of nitrogens with zero attached hydrogens (tertiary/aromatic N) is 4. The van der Waals surface area contributed by atoms with Gasteiger partial charge in [-0.2, -0.15) is 9.97 Å². The third-order valence-electron chi connectivity index (χ3n) is 10.8. The zero-order valence-electron chi connectivity index (χ0n) is 29.8. The van der Waals surface area contributed by atoms with E-state index >= 15 is 0 Å². The van der Waals surface area contributed by atoms with Gasteiger partial charge in [-0.25, -0.2) is 4.98 Å². The maximum Gasteiger partial charge on any atom is 0.238 e. The summed E-state index contributed by atoms with van der Waals surface area (Å²) < 4.78 is 2.22. The maximum atomic E-state index is 5.28. The number of hydrogen-bond donors (Lipinski definition) is 0. The van der Waals surface area contributed by atoms with E-state index in [9.17, 15) is 0 Å². The van der Waals surface area contributed by atoms with Gasteiger partial charge in [0, 0.05) is 21.9 Å². The van der Waals surface area contributed by atoms with E-state index in [2.05, 4.69) is 180 Å². The first kappa shape index (κ1) is 31.1. The average Bonchev–Trinajstić information content (AvgIpc) is 3.62. The Hall–Kier alpha value is -7.43. The zero-order chi connectivity index (χ0) is 36.3. The number of hydrogen-bond acceptors (Lipinski definition) is 3. The van der Waals surface area contributed by atoms with Crippen molar-refractivity contribution in [2.24, 2.45) is 0 Å². The van der Waals surface area contributed by atoms with Crippen LogP contribution in [0.5, 0.6) is 0 Å². The molecule has 0 aliphatic carbocycles. The monoisotopic (exact) mass is 700 g/mol. The summed E-state index contributed by atoms with van der Waals surface area (Å²) in [5, 5.41) is 9.66. The second-order valence-corrected chi connectivity index (χ2v) is 14.0. The fraction of sp³-hybridized carbons (Fsp3) is 0. The Bertz CT molecular complexity index is 3140. The zero-order valence-corrected chi connectivity index (χ0v) is 29.8. The summed E-state index contributed by atoms with van der Waals surface area (Å²) in [4.78, 5) is 15.6. The molecule has 0 radical (unpaired) electrons. The van der Waals surface area contributed by atoms with E-state index in [1.54, 1.807) is 0 Å². The minimum absolute atomic E-state index is 0.583. The van der Waals surface area contributed by atoms with Crippen LogP contribution in [-0.4, -0.2) is 19.5 Å². The molecule has 9 aromatic carbocycles. The average molecular weight is 701 g/mol. The van der Waals surface area contributed by atoms with Crippen LogP contribution in [0.15, 0.2) is 194 Å². The molecule has 0 bridgehead atoms. The highest BCUT2D eigenvalue weighted by Crippen LogP contribution is 2.41. The van der Waals surface area contributed by atoms with Gasteiger partial charge in [0.2, 0.25) is 5.95 Å². The summed E-state index contributed by atoms with van der Waals surface area (Å²) >= 11 is 0. The molecule has 55 heavy (non-hydrogen) atoms. The van der Waals surface area contributed by atoms with Crippen molar-refractivity contribution in [2.75, 3.05) is 0 Å². The van der Waals surface area contributed by atoms with E-state index in [4.69, 9.17) is 15.0 Å². The highest BCUT2D eigenvalue weighted by molar-refractivity contribution is 6.28. The Morgan fingerprint density at radius 2 is 0.727 bits per heavy atom. The molecular weight excluding hydrogens is 669 g/mol. The van der Waals surface area contributed by atoms with Gasteiger partial charge in [-0.1, -0.05) is 182 Å². The van der Waals surface area contributed by atoms with E-state index in [-0.39, 0.29) is 0 Å². The molecule has 11 rings (SSSR count). The van der Waals surface area contributed by atoms with Gasteiger partial charge in [0.15, 0.2) is 11.6 Å². The minimum Gasteiger partial charge on any atom is -0.278 e. The molecule has 0 N–H and O–H groups in total. The second-order valence-electron chi connectivity index (χ2n) is 14.0. The van der Waals surface area contributed by atoms with E-state index in [1.807, 2.05) is 18.2 Å². The summed E-state index contributed by atoms with van der Waals surface area (Å²) in [6.07, 6.45) is 0. The van der Waals surface area contributed by atoms with Crippen LogP contribution < -0.4 is 0 Å². The fourth-order valence-corrected chi connectivity index (χ4v) is 8.31. The van der Waals surface area contributed by atoms with Gasteiger partial charge < -0.3 is 0 Å². The van der Waals surface area contributed by atoms with Crippen molar-refractivity contribution in [2.45, 2.75) is 0 Å². The van der Waals surface area contributed by atoms with E-state index < -0.39 is 0 Å². The van der Waals surface area contributed by atoms with E-state index in [0.29, 0.717) is 17.6 Å². The Balaban J connectivity index is 1.13. The van der Waals surface area contributed by atoms with E-state index in [0.717, 1.165) is 27.7 Å². The van der Waals surface area contributed by atoms with E-state index in [1.165, 1.54) is 59.8 Å². The molecule has 0 spiro atoms. The third kappa shape index (κ3) is 5.11. The molecule has 2 heterocycles. The molecule has 0 unspecified atom stereocenters. The van der Waals surface area contributed by atoms with Gasteiger partial charge >= 0.3 is 0 Å². The Kier molecular flexibility index (Phi) is 7.14. The first-order chi connectivity index (χ1) is 27.3. The maximum absolute atomic E-state index is 5.28. The molecule has 0 aliphatic heterocycles. The summed E-state index contributed by atoms with van der Waals surface area (Å²) in [7, 11) is 0. The van der Waals surface area contributed by atoms with Crippen molar-refractivity contribution in [3.8, 4) is 51.0 Å². The molecule has 0 aliphatic rings. The van der Waals surface area contributed by atoms with Crippen LogP contribution in [-0.2, 0) is 0 Å². The van der Waals surface area contributed by atoms with Crippen molar-refractivity contribution in [3.63, 3.8) is 0 Å². The lowest BCUT2D eigenvalue weighted by molar-refractivity contribution is 0.954. The van der Waals surface area contributed by atoms with Crippen LogP contribution in [0, 0.1) is 0 Å². The molecule has 11 aromatic rings. The molecule has 256 valence electrons. The molecule has 4 nitrogen and oxygen atoms in total. The van der Waals surface area contributed by atoms with Gasteiger partial charge in [0.25, 0.3) is 0 Å². The predicted octanol–water partition coefficient (Wildman–Crippen LogP) is 13.1. The van der Waals surface area contributed by atoms with Crippen LogP contribution >= 0.6 is 0 Å². The number of benzene rings is 9. The van der Waals surface area contributed by atoms with Gasteiger partial charge in [0.1, 0.15) is 0 Å². The summed E-state index contributed by atoms with van der Waals surface area (Å²) in [5.74, 6) is 1.83. The third-order valence-corrected chi connectivity index (χ3v) is 10.8. The van der Waals surface area contributed by atoms with Gasteiger partial charge in [-0.15, -0.1) is 0 Å². The number of rotatable bonds is 5. The second kappa shape index (κ2) is 12.6. The SMILES string of the molecule is c1ccc(-c2nc(-c3ccc(-c4cccc5cccc(-c6ccccc6)c45)cc3)nc(-n3c4ccc5ccccc5c4c4c5ccccc5ccc43)n2)cc1. The largest absolute Gasteiger partial charge is 0.278 e. The van der Waals surface area contributed by atoms with Crippen molar-refractivity contribution in [3.05, 3.63) is 194 Å². The van der Waals surface area contributed by atoms with Gasteiger partial charge in [-0.05, 0) is 66.7 Å². The minimum atomic E-state index is 0.583. The van der Waals surface area contributed by atoms with Crippen molar-refractivity contribution in [1.82, 2.24) is 19.5 Å². The topological polar surface area (TPSA) is 43.6 Å². The highest BCUT2D eigenvalue weighted by Gasteiger charge is 2.21. The summed E-state index contributed by atoms with van der Waals surface area (Å²) in [6.45, 7) is 0. The number of aromatic nitrogens is 4. The molecule has 0 fully saturated rings. The summed E-state index contributed by atoms with van der Waals surface area (Å²) in [5.41, 5.74) is 8.72. The lowest BCUT2D eigenvalue weighted by atomic mass is 9.91. The standard InChI is InChI=1S/C51H32N4/c1-3-13-33(14-4-1)40-23-11-19-37-20-12-24-41(46(37)40)36-25-27-39(28-26-36)50-52-49(38-17-5-2-6-18-38)53-51(54-50)55-44-31-29-34-15-7-9-21-42(34)47(44)48-43-22-10-8-16-35(43)30-32-45(48)55/h1-32H. The molecule has 0 saturated heterocycles. The van der Waals surface area contributed by atoms with Crippen LogP contribution in [0.4, 0.5) is 0 Å².